The standard InChI is InChI=1S/C16H20N2O2/c1-15(2,3)20-14(19)18-9-6-11-4-5-12(10-13(11)18)16(17)7-8-16/h4-6,9-10H,7-8,17H2,1-3H3. The number of rotatable bonds is 1. The van der Waals surface area contributed by atoms with Crippen molar-refractivity contribution >= 4 is 17.0 Å². The quantitative estimate of drug-likeness (QED) is 0.865. The number of carbonyl (C=O) groups is 1. The minimum atomic E-state index is -0.503. The summed E-state index contributed by atoms with van der Waals surface area (Å²) in [5, 5.41) is 1.02. The molecule has 2 N–H and O–H groups in total. The molecule has 0 radical (unpaired) electrons. The van der Waals surface area contributed by atoms with Gasteiger partial charge in [0.1, 0.15) is 5.60 Å². The molecule has 0 spiro atoms. The van der Waals surface area contributed by atoms with Crippen molar-refractivity contribution < 1.29 is 9.53 Å². The molecule has 1 aromatic heterocycles. The number of hydrogen-bond donors (Lipinski definition) is 1. The second-order valence-electron chi connectivity index (χ2n) is 6.60. The summed E-state index contributed by atoms with van der Waals surface area (Å²) in [5.41, 5.74) is 7.48. The second-order valence-corrected chi connectivity index (χ2v) is 6.60. The lowest BCUT2D eigenvalue weighted by Gasteiger charge is -2.20. The molecule has 0 saturated heterocycles. The normalized spacial score (nSPS) is 17.2. The Balaban J connectivity index is 2.01. The van der Waals surface area contributed by atoms with E-state index in [1.54, 1.807) is 10.8 Å². The molecule has 3 rings (SSSR count). The highest BCUT2D eigenvalue weighted by Gasteiger charge is 2.40. The topological polar surface area (TPSA) is 57.2 Å². The monoisotopic (exact) mass is 272 g/mol. The van der Waals surface area contributed by atoms with Gasteiger partial charge in [0.2, 0.25) is 0 Å². The van der Waals surface area contributed by atoms with Crippen LogP contribution in [0, 0.1) is 0 Å². The zero-order chi connectivity index (χ0) is 14.5. The Morgan fingerprint density at radius 3 is 2.60 bits per heavy atom. The van der Waals surface area contributed by atoms with E-state index < -0.39 is 5.60 Å². The lowest BCUT2D eigenvalue weighted by atomic mass is 10.0. The molecule has 4 nitrogen and oxygen atoms in total. The average molecular weight is 272 g/mol. The van der Waals surface area contributed by atoms with Crippen molar-refractivity contribution in [3.8, 4) is 0 Å². The van der Waals surface area contributed by atoms with Crippen molar-refractivity contribution in [2.45, 2.75) is 44.8 Å². The average Bonchev–Trinajstić information content (AvgIpc) is 2.95. The lowest BCUT2D eigenvalue weighted by molar-refractivity contribution is 0.0544. The fraction of sp³-hybridized carbons (Fsp3) is 0.438. The zero-order valence-corrected chi connectivity index (χ0v) is 12.1. The summed E-state index contributed by atoms with van der Waals surface area (Å²) >= 11 is 0. The summed E-state index contributed by atoms with van der Waals surface area (Å²) in [7, 11) is 0. The molecule has 1 heterocycles. The molecule has 1 saturated carbocycles. The molecule has 106 valence electrons. The molecular weight excluding hydrogens is 252 g/mol. The van der Waals surface area contributed by atoms with E-state index in [1.165, 1.54) is 0 Å². The number of aromatic nitrogens is 1. The van der Waals surface area contributed by atoms with E-state index in [9.17, 15) is 4.79 Å². The number of nitrogens with two attached hydrogens (primary N) is 1. The molecule has 1 aliphatic rings. The van der Waals surface area contributed by atoms with Gasteiger partial charge in [-0.2, -0.15) is 0 Å². The van der Waals surface area contributed by atoms with Gasteiger partial charge in [0.25, 0.3) is 0 Å². The number of nitrogens with zero attached hydrogens (tertiary/aromatic N) is 1. The molecule has 2 aromatic rings. The van der Waals surface area contributed by atoms with Crippen molar-refractivity contribution in [2.24, 2.45) is 5.73 Å². The zero-order valence-electron chi connectivity index (χ0n) is 12.1. The van der Waals surface area contributed by atoms with Gasteiger partial charge in [-0.1, -0.05) is 12.1 Å². The third-order valence-corrected chi connectivity index (χ3v) is 3.65. The van der Waals surface area contributed by atoms with E-state index in [4.69, 9.17) is 10.5 Å². The minimum absolute atomic E-state index is 0.197. The Kier molecular flexibility index (Phi) is 2.70. The van der Waals surface area contributed by atoms with Crippen LogP contribution in [0.2, 0.25) is 0 Å². The molecule has 20 heavy (non-hydrogen) atoms. The molecule has 0 amide bonds. The first kappa shape index (κ1) is 13.2. The number of fused-ring (bicyclic) bond motifs is 1. The first-order valence-electron chi connectivity index (χ1n) is 6.92. The third kappa shape index (κ3) is 2.31. The van der Waals surface area contributed by atoms with Crippen LogP contribution in [0.1, 0.15) is 39.2 Å². The molecule has 1 aliphatic carbocycles. The summed E-state index contributed by atoms with van der Waals surface area (Å²) in [5.74, 6) is 0. The first-order chi connectivity index (χ1) is 9.28. The van der Waals surface area contributed by atoms with E-state index in [2.05, 4.69) is 6.07 Å². The van der Waals surface area contributed by atoms with Crippen molar-refractivity contribution in [2.75, 3.05) is 0 Å². The fourth-order valence-corrected chi connectivity index (χ4v) is 2.33. The molecule has 4 heteroatoms. The Bertz CT molecular complexity index is 675. The molecule has 1 aromatic carbocycles. The van der Waals surface area contributed by atoms with Crippen LogP contribution in [-0.2, 0) is 10.3 Å². The summed E-state index contributed by atoms with van der Waals surface area (Å²) < 4.78 is 6.98. The predicted molar refractivity (Wildman–Crippen MR) is 78.7 cm³/mol. The Labute approximate surface area is 118 Å². The van der Waals surface area contributed by atoms with Gasteiger partial charge in [-0.3, -0.25) is 4.57 Å². The molecule has 0 bridgehead atoms. The van der Waals surface area contributed by atoms with Gasteiger partial charge in [-0.15, -0.1) is 0 Å². The van der Waals surface area contributed by atoms with Gasteiger partial charge < -0.3 is 10.5 Å². The van der Waals surface area contributed by atoms with Gasteiger partial charge in [0, 0.05) is 17.1 Å². The lowest BCUT2D eigenvalue weighted by Crippen LogP contribution is -2.26. The Morgan fingerprint density at radius 2 is 2.00 bits per heavy atom. The maximum absolute atomic E-state index is 12.2. The number of carbonyl (C=O) groups excluding carboxylic acids is 1. The van der Waals surface area contributed by atoms with Crippen molar-refractivity contribution in [3.05, 3.63) is 36.0 Å². The van der Waals surface area contributed by atoms with Crippen LogP contribution < -0.4 is 5.73 Å². The van der Waals surface area contributed by atoms with Gasteiger partial charge in [-0.25, -0.2) is 4.79 Å². The van der Waals surface area contributed by atoms with Gasteiger partial charge >= 0.3 is 6.09 Å². The van der Waals surface area contributed by atoms with Crippen LogP contribution in [0.25, 0.3) is 10.9 Å². The smallest absolute Gasteiger partial charge is 0.418 e. The number of ether oxygens (including phenoxy) is 1. The number of hydrogen-bond acceptors (Lipinski definition) is 3. The van der Waals surface area contributed by atoms with E-state index in [-0.39, 0.29) is 11.6 Å². The molecule has 0 unspecified atom stereocenters. The van der Waals surface area contributed by atoms with Crippen molar-refractivity contribution in [1.82, 2.24) is 4.57 Å². The van der Waals surface area contributed by atoms with E-state index >= 15 is 0 Å². The summed E-state index contributed by atoms with van der Waals surface area (Å²) in [6.07, 6.45) is 3.40. The van der Waals surface area contributed by atoms with Crippen LogP contribution in [0.15, 0.2) is 30.5 Å². The Hall–Kier alpha value is -1.81. The van der Waals surface area contributed by atoms with Crippen LogP contribution in [0.3, 0.4) is 0 Å². The van der Waals surface area contributed by atoms with Crippen LogP contribution in [0.4, 0.5) is 4.79 Å². The van der Waals surface area contributed by atoms with Crippen molar-refractivity contribution in [1.29, 1.82) is 0 Å². The minimum Gasteiger partial charge on any atom is -0.443 e. The maximum atomic E-state index is 12.2. The van der Waals surface area contributed by atoms with Gasteiger partial charge in [0.15, 0.2) is 0 Å². The van der Waals surface area contributed by atoms with Crippen molar-refractivity contribution in [3.63, 3.8) is 0 Å². The molecule has 0 atom stereocenters. The van der Waals surface area contributed by atoms with Gasteiger partial charge in [-0.05, 0) is 51.3 Å². The predicted octanol–water partition coefficient (Wildman–Crippen LogP) is 3.37. The molecule has 1 fully saturated rings. The highest BCUT2D eigenvalue weighted by Crippen LogP contribution is 2.43. The van der Waals surface area contributed by atoms with E-state index in [1.807, 2.05) is 39.0 Å². The second kappa shape index (κ2) is 4.09. The Morgan fingerprint density at radius 1 is 1.30 bits per heavy atom. The third-order valence-electron chi connectivity index (χ3n) is 3.65. The highest BCUT2D eigenvalue weighted by atomic mass is 16.6. The van der Waals surface area contributed by atoms with E-state index in [0.29, 0.717) is 0 Å². The highest BCUT2D eigenvalue weighted by molar-refractivity contribution is 5.90. The van der Waals surface area contributed by atoms with Crippen LogP contribution in [0.5, 0.6) is 0 Å². The van der Waals surface area contributed by atoms with E-state index in [0.717, 1.165) is 29.3 Å². The van der Waals surface area contributed by atoms with Crippen LogP contribution >= 0.6 is 0 Å². The maximum Gasteiger partial charge on any atom is 0.418 e. The summed E-state index contributed by atoms with van der Waals surface area (Å²) in [4.78, 5) is 12.2. The summed E-state index contributed by atoms with van der Waals surface area (Å²) in [6, 6.07) is 7.98. The SMILES string of the molecule is CC(C)(C)OC(=O)n1ccc2ccc(C3(N)CC3)cc21. The van der Waals surface area contributed by atoms with Gasteiger partial charge in [0.05, 0.1) is 5.52 Å². The number of benzene rings is 1. The van der Waals surface area contributed by atoms with Crippen LogP contribution in [-0.4, -0.2) is 16.3 Å². The summed E-state index contributed by atoms with van der Waals surface area (Å²) in [6.45, 7) is 5.59. The largest absolute Gasteiger partial charge is 0.443 e. The molecule has 0 aliphatic heterocycles. The first-order valence-corrected chi connectivity index (χ1v) is 6.92. The fourth-order valence-electron chi connectivity index (χ4n) is 2.33. The molecular formula is C16H20N2O2.